The molecule has 18 rings (SSSR count). The van der Waals surface area contributed by atoms with Crippen molar-refractivity contribution in [2.45, 2.75) is 0 Å². The molecule has 0 fully saturated rings. The molecule has 0 spiro atoms. The van der Waals surface area contributed by atoms with E-state index in [0.29, 0.717) is 0 Å². The summed E-state index contributed by atoms with van der Waals surface area (Å²) in [6, 6.07) is 80.1. The Kier molecular flexibility index (Phi) is 8.52. The lowest BCUT2D eigenvalue weighted by molar-refractivity contribution is 0.646. The highest BCUT2D eigenvalue weighted by molar-refractivity contribution is 6.27. The van der Waals surface area contributed by atoms with E-state index in [0.717, 1.165) is 89.1 Å². The number of fused-ring (bicyclic) bond motifs is 12. The number of anilines is 6. The van der Waals surface area contributed by atoms with Gasteiger partial charge in [0.2, 0.25) is 0 Å². The first-order valence-corrected chi connectivity index (χ1v) is 27.4. The van der Waals surface area contributed by atoms with E-state index in [1.165, 1.54) is 87.2 Å². The first kappa shape index (κ1) is 43.6. The van der Waals surface area contributed by atoms with Crippen LogP contribution >= 0.6 is 0 Å². The molecular formula is C72H52N6O2. The summed E-state index contributed by atoms with van der Waals surface area (Å²) in [7, 11) is 8.65. The van der Waals surface area contributed by atoms with E-state index in [9.17, 15) is 0 Å². The highest BCUT2D eigenvalue weighted by Crippen LogP contribution is 2.54. The van der Waals surface area contributed by atoms with E-state index in [2.05, 4.69) is 275 Å². The smallest absolute Gasteiger partial charge is 0.136 e. The summed E-state index contributed by atoms with van der Waals surface area (Å²) in [5, 5.41) is 13.9. The van der Waals surface area contributed by atoms with Gasteiger partial charge in [0.05, 0.1) is 11.4 Å². The van der Waals surface area contributed by atoms with Gasteiger partial charge < -0.3 is 36.9 Å². The molecular weight excluding hydrogens is 981 g/mol. The van der Waals surface area contributed by atoms with Crippen LogP contribution in [0.2, 0.25) is 0 Å². The molecule has 4 aromatic heterocycles. The summed E-state index contributed by atoms with van der Waals surface area (Å²) in [6.07, 6.45) is 0. The molecule has 0 unspecified atom stereocenters. The third-order valence-corrected chi connectivity index (χ3v) is 18.0. The second kappa shape index (κ2) is 15.6. The lowest BCUT2D eigenvalue weighted by Gasteiger charge is -2.29. The number of hydrogen-bond donors (Lipinski definition) is 0. The summed E-state index contributed by atoms with van der Waals surface area (Å²) >= 11 is 0. The number of nitrogens with zero attached hydrogens (tertiary/aromatic N) is 6. The largest absolute Gasteiger partial charge is 0.456 e. The summed E-state index contributed by atoms with van der Waals surface area (Å²) in [4.78, 5) is 4.88. The molecule has 0 atom stereocenters. The molecule has 2 aliphatic rings. The van der Waals surface area contributed by atoms with Crippen LogP contribution in [0.25, 0.3) is 142 Å². The van der Waals surface area contributed by atoms with Crippen LogP contribution in [0.3, 0.4) is 0 Å². The van der Waals surface area contributed by atoms with Gasteiger partial charge in [0.25, 0.3) is 0 Å². The molecule has 8 nitrogen and oxygen atoms in total. The van der Waals surface area contributed by atoms with Crippen molar-refractivity contribution in [1.82, 2.24) is 18.3 Å². The quantitative estimate of drug-likeness (QED) is 0.123. The molecule has 0 bridgehead atoms. The SMILES string of the molecule is Cn1c2ccccc2c2cc(N(c3ccc4c(c3)c3ccccc3n4C)c3ccc4oc5ccc6c(N(c7ccc8c(c7)c7ccccc7n8C)c7ccc8c(c7)c7ccccc7n8C)ccc7oc8ccc3c4c8-c5c76)ccc21.[HH].[HH]. The van der Waals surface area contributed by atoms with Crippen LogP contribution in [-0.2, 0) is 28.2 Å². The summed E-state index contributed by atoms with van der Waals surface area (Å²) in [5.41, 5.74) is 21.3. The summed E-state index contributed by atoms with van der Waals surface area (Å²) in [5.74, 6) is 0. The van der Waals surface area contributed by atoms with Crippen molar-refractivity contribution in [3.63, 3.8) is 0 Å². The van der Waals surface area contributed by atoms with Crippen LogP contribution in [-0.4, -0.2) is 18.3 Å². The lowest BCUT2D eigenvalue weighted by Crippen LogP contribution is -2.11. The predicted molar refractivity (Wildman–Crippen MR) is 338 cm³/mol. The van der Waals surface area contributed by atoms with E-state index in [1.807, 2.05) is 0 Å². The number of aryl methyl sites for hydroxylation is 4. The van der Waals surface area contributed by atoms with Gasteiger partial charge in [-0.1, -0.05) is 72.8 Å². The first-order valence-electron chi connectivity index (χ1n) is 27.4. The van der Waals surface area contributed by atoms with Gasteiger partial charge in [-0.25, -0.2) is 0 Å². The monoisotopic (exact) mass is 1030 g/mol. The van der Waals surface area contributed by atoms with Gasteiger partial charge in [-0.3, -0.25) is 0 Å². The fourth-order valence-electron chi connectivity index (χ4n) is 14.3. The molecule has 0 saturated heterocycles. The third kappa shape index (κ3) is 5.68. The van der Waals surface area contributed by atoms with E-state index in [4.69, 9.17) is 8.83 Å². The lowest BCUT2D eigenvalue weighted by atomic mass is 9.89. The Bertz CT molecular complexity index is 5060. The highest BCUT2D eigenvalue weighted by Gasteiger charge is 2.30. The molecule has 2 aliphatic heterocycles. The number of hydrogen-bond acceptors (Lipinski definition) is 4. The van der Waals surface area contributed by atoms with Crippen LogP contribution in [0, 0.1) is 0 Å². The molecule has 16 aromatic rings. The minimum atomic E-state index is 0. The molecule has 0 N–H and O–H groups in total. The maximum atomic E-state index is 7.16. The second-order valence-corrected chi connectivity index (χ2v) is 21.9. The van der Waals surface area contributed by atoms with Crippen LogP contribution in [0.1, 0.15) is 2.85 Å². The van der Waals surface area contributed by atoms with Gasteiger partial charge in [0.15, 0.2) is 0 Å². The van der Waals surface area contributed by atoms with E-state index in [1.54, 1.807) is 0 Å². The molecule has 6 heterocycles. The maximum absolute atomic E-state index is 7.16. The van der Waals surface area contributed by atoms with Crippen LogP contribution in [0.15, 0.2) is 227 Å². The zero-order valence-corrected chi connectivity index (χ0v) is 44.3. The molecule has 0 saturated carbocycles. The number of aromatic nitrogens is 4. The minimum absolute atomic E-state index is 0. The Morgan fingerprint density at radius 3 is 0.850 bits per heavy atom. The van der Waals surface area contributed by atoms with Crippen molar-refractivity contribution < 1.29 is 11.7 Å². The fourth-order valence-corrected chi connectivity index (χ4v) is 14.3. The first-order chi connectivity index (χ1) is 39.3. The van der Waals surface area contributed by atoms with Crippen molar-refractivity contribution in [2.24, 2.45) is 28.2 Å². The fraction of sp³-hybridized carbons (Fsp3) is 0.0556. The topological polar surface area (TPSA) is 52.5 Å². The standard InChI is InChI=1S/C72H48N6O2.2H2/c1-73-55-17-9-5-13-45(55)51-37-41(21-27-59(51)73)77(42-22-28-60-52(38-42)46-14-6-10-18-56(46)74(60)2)63-31-35-65-69-49(63)25-33-67-71(69)72-68(79-65)34-26-50-64(32-36-66(80-67)70(50)72)78(43-23-29-61-53(39-43)47-15-7-11-19-57(47)75(61)3)44-24-30-62-54(40-44)48-16-8-12-20-58(48)76(62)4;;/h5-40H,1-4H3;2*1H. The van der Waals surface area contributed by atoms with Crippen LogP contribution in [0.5, 0.6) is 0 Å². The number of para-hydroxylation sites is 4. The normalized spacial score (nSPS) is 12.5. The molecule has 80 heavy (non-hydrogen) atoms. The van der Waals surface area contributed by atoms with Crippen molar-refractivity contribution >= 4 is 165 Å². The summed E-state index contributed by atoms with van der Waals surface area (Å²) in [6.45, 7) is 0. The highest BCUT2D eigenvalue weighted by atomic mass is 16.3. The zero-order chi connectivity index (χ0) is 52.8. The van der Waals surface area contributed by atoms with Gasteiger partial charge in [-0.2, -0.15) is 0 Å². The van der Waals surface area contributed by atoms with Gasteiger partial charge in [-0.15, -0.1) is 0 Å². The summed E-state index contributed by atoms with van der Waals surface area (Å²) < 4.78 is 23.5. The molecule has 8 heteroatoms. The van der Waals surface area contributed by atoms with Crippen LogP contribution in [0.4, 0.5) is 34.1 Å². The Hall–Kier alpha value is -10.4. The van der Waals surface area contributed by atoms with Gasteiger partial charge >= 0.3 is 0 Å². The minimum Gasteiger partial charge on any atom is -0.456 e. The second-order valence-electron chi connectivity index (χ2n) is 21.9. The average molecular weight is 1030 g/mol. The Morgan fingerprint density at radius 1 is 0.263 bits per heavy atom. The zero-order valence-electron chi connectivity index (χ0n) is 44.3. The van der Waals surface area contributed by atoms with Crippen molar-refractivity contribution in [3.05, 3.63) is 218 Å². The molecule has 12 aromatic carbocycles. The molecule has 0 amide bonds. The Morgan fingerprint density at radius 2 is 0.537 bits per heavy atom. The average Bonchev–Trinajstić information content (AvgIpc) is 4.29. The van der Waals surface area contributed by atoms with Gasteiger partial charge in [-0.05, 0) is 146 Å². The number of benzene rings is 12. The molecule has 0 radical (unpaired) electrons. The molecule has 0 aliphatic carbocycles. The van der Waals surface area contributed by atoms with Crippen LogP contribution < -0.4 is 9.80 Å². The van der Waals surface area contributed by atoms with Crippen molar-refractivity contribution in [2.75, 3.05) is 9.80 Å². The Labute approximate surface area is 460 Å². The van der Waals surface area contributed by atoms with E-state index < -0.39 is 0 Å². The van der Waals surface area contributed by atoms with E-state index >= 15 is 0 Å². The van der Waals surface area contributed by atoms with Gasteiger partial charge in [0.1, 0.15) is 22.3 Å². The Balaban J connectivity index is 0.00000277. The van der Waals surface area contributed by atoms with Crippen molar-refractivity contribution in [1.29, 1.82) is 0 Å². The number of rotatable bonds is 6. The van der Waals surface area contributed by atoms with Crippen molar-refractivity contribution in [3.8, 4) is 11.1 Å². The maximum Gasteiger partial charge on any atom is 0.136 e. The predicted octanol–water partition coefficient (Wildman–Crippen LogP) is 20.0. The van der Waals surface area contributed by atoms with Gasteiger partial charge in [0, 0.05) is 174 Å². The van der Waals surface area contributed by atoms with E-state index in [-0.39, 0.29) is 2.85 Å². The molecule has 382 valence electrons. The third-order valence-electron chi connectivity index (χ3n) is 18.0.